The largest absolute Gasteiger partial charge is 0.481 e. The van der Waals surface area contributed by atoms with Crippen LogP contribution < -0.4 is 5.32 Å². The normalized spacial score (nSPS) is 20.8. The Morgan fingerprint density at radius 1 is 1.38 bits per heavy atom. The Morgan fingerprint density at radius 2 is 2.17 bits per heavy atom. The lowest BCUT2D eigenvalue weighted by molar-refractivity contribution is -0.152. The van der Waals surface area contributed by atoms with E-state index in [4.69, 9.17) is 0 Å². The third-order valence-corrected chi connectivity index (χ3v) is 4.58. The van der Waals surface area contributed by atoms with Crippen LogP contribution in [0, 0.1) is 5.92 Å². The minimum Gasteiger partial charge on any atom is -0.481 e. The van der Waals surface area contributed by atoms with Crippen molar-refractivity contribution in [2.45, 2.75) is 18.9 Å². The van der Waals surface area contributed by atoms with Crippen molar-refractivity contribution in [3.8, 4) is 0 Å². The molecule has 0 radical (unpaired) electrons. The van der Waals surface area contributed by atoms with Crippen molar-refractivity contribution in [2.24, 2.45) is 5.92 Å². The highest BCUT2D eigenvalue weighted by atomic mass is 32.1. The first-order valence-electron chi connectivity index (χ1n) is 7.58. The molecule has 1 aliphatic heterocycles. The van der Waals surface area contributed by atoms with Crippen LogP contribution in [-0.4, -0.2) is 49.9 Å². The highest BCUT2D eigenvalue weighted by Gasteiger charge is 2.41. The molecule has 3 rings (SSSR count). The number of hydrogen-bond donors (Lipinski definition) is 2. The molecule has 2 N–H and O–H groups in total. The fourth-order valence-electron chi connectivity index (χ4n) is 2.89. The predicted octanol–water partition coefficient (Wildman–Crippen LogP) is 1.41. The van der Waals surface area contributed by atoms with Gasteiger partial charge in [0.1, 0.15) is 0 Å². The molecule has 9 heteroatoms. The number of piperidine rings is 1. The number of nitrogens with zero attached hydrogens (tertiary/aromatic N) is 4. The summed E-state index contributed by atoms with van der Waals surface area (Å²) >= 11 is 1.39. The minimum atomic E-state index is -0.898. The molecule has 0 aromatic carbocycles. The van der Waals surface area contributed by atoms with Crippen molar-refractivity contribution in [2.75, 3.05) is 18.4 Å². The van der Waals surface area contributed by atoms with E-state index in [0.29, 0.717) is 31.2 Å². The summed E-state index contributed by atoms with van der Waals surface area (Å²) in [6, 6.07) is 1.18. The number of carbonyl (C=O) groups excluding carboxylic acids is 1. The quantitative estimate of drug-likeness (QED) is 0.813. The van der Waals surface area contributed by atoms with E-state index < -0.39 is 17.9 Å². The lowest BCUT2D eigenvalue weighted by atomic mass is 9.87. The predicted molar refractivity (Wildman–Crippen MR) is 87.4 cm³/mol. The maximum Gasteiger partial charge on any atom is 0.309 e. The average molecular weight is 347 g/mol. The second-order valence-corrected chi connectivity index (χ2v) is 6.15. The Kier molecular flexibility index (Phi) is 4.99. The van der Waals surface area contributed by atoms with Crippen LogP contribution in [0.3, 0.4) is 0 Å². The number of carboxylic acids is 1. The Balaban J connectivity index is 1.74. The highest BCUT2D eigenvalue weighted by Crippen LogP contribution is 2.36. The van der Waals surface area contributed by atoms with Crippen LogP contribution in [0.4, 0.5) is 5.95 Å². The van der Waals surface area contributed by atoms with Crippen LogP contribution in [0.2, 0.25) is 0 Å². The molecule has 0 saturated carbocycles. The van der Waals surface area contributed by atoms with Gasteiger partial charge in [0.25, 0.3) is 0 Å². The molecule has 1 amide bonds. The molecule has 24 heavy (non-hydrogen) atoms. The third-order valence-electron chi connectivity index (χ3n) is 3.98. The third kappa shape index (κ3) is 3.51. The molecule has 126 valence electrons. The zero-order valence-corrected chi connectivity index (χ0v) is 13.6. The molecule has 1 aliphatic rings. The molecular formula is C15H17N5O3S. The highest BCUT2D eigenvalue weighted by molar-refractivity contribution is 7.07. The molecule has 1 fully saturated rings. The van der Waals surface area contributed by atoms with E-state index in [1.54, 1.807) is 34.3 Å². The van der Waals surface area contributed by atoms with Gasteiger partial charge < -0.3 is 15.3 Å². The van der Waals surface area contributed by atoms with E-state index in [2.05, 4.69) is 20.3 Å². The molecular weight excluding hydrogens is 330 g/mol. The Labute approximate surface area is 142 Å². The van der Waals surface area contributed by atoms with E-state index in [-0.39, 0.29) is 12.3 Å². The first kappa shape index (κ1) is 16.3. The van der Waals surface area contributed by atoms with E-state index in [1.165, 1.54) is 11.3 Å². The number of carboxylic acid groups (broad SMARTS) is 1. The molecule has 2 aromatic rings. The zero-order valence-electron chi connectivity index (χ0n) is 12.8. The monoisotopic (exact) mass is 347 g/mol. The molecule has 0 spiro atoms. The van der Waals surface area contributed by atoms with E-state index in [9.17, 15) is 14.7 Å². The maximum atomic E-state index is 12.4. The SMILES string of the molecule is O=C(O)[C@@H]1CCC(=O)N(CCNc2ncccn2)[C@@H]1c1cscn1. The Bertz CT molecular complexity index is 694. The van der Waals surface area contributed by atoms with Crippen LogP contribution in [0.5, 0.6) is 0 Å². The molecule has 1 saturated heterocycles. The molecule has 8 nitrogen and oxygen atoms in total. The number of likely N-dealkylation sites (tertiary alicyclic amines) is 1. The van der Waals surface area contributed by atoms with E-state index in [0.717, 1.165) is 0 Å². The van der Waals surface area contributed by atoms with E-state index in [1.807, 2.05) is 0 Å². The summed E-state index contributed by atoms with van der Waals surface area (Å²) in [5.74, 6) is -1.12. The summed E-state index contributed by atoms with van der Waals surface area (Å²) in [6.07, 6.45) is 3.82. The van der Waals surface area contributed by atoms with Gasteiger partial charge in [-0.1, -0.05) is 0 Å². The molecule has 0 unspecified atom stereocenters. The number of hydrogen-bond acceptors (Lipinski definition) is 7. The van der Waals surface area contributed by atoms with Crippen molar-refractivity contribution < 1.29 is 14.7 Å². The van der Waals surface area contributed by atoms with Crippen molar-refractivity contribution in [3.05, 3.63) is 35.0 Å². The van der Waals surface area contributed by atoms with Gasteiger partial charge >= 0.3 is 5.97 Å². The van der Waals surface area contributed by atoms with Gasteiger partial charge in [0, 0.05) is 37.3 Å². The fourth-order valence-corrected chi connectivity index (χ4v) is 3.47. The molecule has 3 heterocycles. The molecule has 0 aliphatic carbocycles. The van der Waals surface area contributed by atoms with Crippen LogP contribution in [0.1, 0.15) is 24.6 Å². The zero-order chi connectivity index (χ0) is 16.9. The Hall–Kier alpha value is -2.55. The van der Waals surface area contributed by atoms with Gasteiger partial charge in [0.15, 0.2) is 0 Å². The summed E-state index contributed by atoms with van der Waals surface area (Å²) in [6.45, 7) is 0.797. The number of rotatable bonds is 6. The summed E-state index contributed by atoms with van der Waals surface area (Å²) in [7, 11) is 0. The van der Waals surface area contributed by atoms with Crippen LogP contribution in [-0.2, 0) is 9.59 Å². The summed E-state index contributed by atoms with van der Waals surface area (Å²) in [5, 5.41) is 14.4. The molecule has 0 bridgehead atoms. The van der Waals surface area contributed by atoms with Crippen LogP contribution >= 0.6 is 11.3 Å². The van der Waals surface area contributed by atoms with E-state index >= 15 is 0 Å². The van der Waals surface area contributed by atoms with Crippen LogP contribution in [0.15, 0.2) is 29.4 Å². The van der Waals surface area contributed by atoms with Crippen LogP contribution in [0.25, 0.3) is 0 Å². The lowest BCUT2D eigenvalue weighted by Gasteiger charge is -2.38. The topological polar surface area (TPSA) is 108 Å². The van der Waals surface area contributed by atoms with Gasteiger partial charge in [0.05, 0.1) is 23.2 Å². The van der Waals surface area contributed by atoms with Gasteiger partial charge in [-0.15, -0.1) is 11.3 Å². The summed E-state index contributed by atoms with van der Waals surface area (Å²) in [5.41, 5.74) is 2.29. The smallest absolute Gasteiger partial charge is 0.309 e. The van der Waals surface area contributed by atoms with Crippen molar-refractivity contribution in [3.63, 3.8) is 0 Å². The number of carbonyl (C=O) groups is 2. The summed E-state index contributed by atoms with van der Waals surface area (Å²) in [4.78, 5) is 37.9. The summed E-state index contributed by atoms with van der Waals surface area (Å²) < 4.78 is 0. The average Bonchev–Trinajstić information content (AvgIpc) is 3.11. The second-order valence-electron chi connectivity index (χ2n) is 5.43. The van der Waals surface area contributed by atoms with Crippen molar-refractivity contribution in [1.29, 1.82) is 0 Å². The fraction of sp³-hybridized carbons (Fsp3) is 0.400. The van der Waals surface area contributed by atoms with Gasteiger partial charge in [-0.3, -0.25) is 9.59 Å². The number of anilines is 1. The number of nitrogens with one attached hydrogen (secondary N) is 1. The standard InChI is InChI=1S/C15H17N5O3S/c21-12-3-2-10(14(22)23)13(11-8-24-9-19-11)20(12)7-6-18-15-16-4-1-5-17-15/h1,4-5,8-10,13H,2-3,6-7H2,(H,22,23)(H,16,17,18)/t10-,13+/m1/s1. The first-order valence-corrected chi connectivity index (χ1v) is 8.52. The van der Waals surface area contributed by atoms with Gasteiger partial charge in [0.2, 0.25) is 11.9 Å². The molecule has 2 aromatic heterocycles. The van der Waals surface area contributed by atoms with Gasteiger partial charge in [-0.25, -0.2) is 15.0 Å². The van der Waals surface area contributed by atoms with Gasteiger partial charge in [-0.05, 0) is 12.5 Å². The number of aromatic nitrogens is 3. The van der Waals surface area contributed by atoms with Crippen molar-refractivity contribution >= 4 is 29.2 Å². The Morgan fingerprint density at radius 3 is 2.83 bits per heavy atom. The number of thiazole rings is 1. The lowest BCUT2D eigenvalue weighted by Crippen LogP contribution is -2.47. The van der Waals surface area contributed by atoms with Crippen molar-refractivity contribution in [1.82, 2.24) is 19.9 Å². The first-order chi connectivity index (χ1) is 11.7. The van der Waals surface area contributed by atoms with Gasteiger partial charge in [-0.2, -0.15) is 0 Å². The number of aliphatic carboxylic acids is 1. The second kappa shape index (κ2) is 7.35. The minimum absolute atomic E-state index is 0.0544. The number of amides is 1. The molecule has 2 atom stereocenters. The maximum absolute atomic E-state index is 12.4.